The van der Waals surface area contributed by atoms with Crippen LogP contribution in [0, 0.1) is 0 Å². The number of nitrogen functional groups attached to an aromatic ring is 1. The van der Waals surface area contributed by atoms with Crippen LogP contribution in [0.4, 0.5) is 11.5 Å². The number of rotatable bonds is 7. The summed E-state index contributed by atoms with van der Waals surface area (Å²) < 4.78 is 19.4. The van der Waals surface area contributed by atoms with Gasteiger partial charge in [-0.3, -0.25) is 0 Å². The van der Waals surface area contributed by atoms with E-state index < -0.39 is 5.79 Å². The van der Waals surface area contributed by atoms with Crippen LogP contribution < -0.4 is 15.4 Å². The number of aromatic nitrogens is 4. The Morgan fingerprint density at radius 1 is 1.12 bits per heavy atom. The Bertz CT molecular complexity index is 1090. The zero-order valence-electron chi connectivity index (χ0n) is 18.9. The first-order valence-corrected chi connectivity index (χ1v) is 11.6. The second-order valence-electron chi connectivity index (χ2n) is 8.44. The molecule has 9 heteroatoms. The van der Waals surface area contributed by atoms with Crippen molar-refractivity contribution in [2.75, 3.05) is 43.5 Å². The molecule has 1 aromatic carbocycles. The summed E-state index contributed by atoms with van der Waals surface area (Å²) in [5, 5.41) is 13.1. The summed E-state index contributed by atoms with van der Waals surface area (Å²) in [4.78, 5) is 2.29. The lowest BCUT2D eigenvalue weighted by molar-refractivity contribution is -0.169. The van der Waals surface area contributed by atoms with Gasteiger partial charge in [0.2, 0.25) is 0 Å². The van der Waals surface area contributed by atoms with E-state index in [1.165, 1.54) is 0 Å². The number of nitrogens with two attached hydrogens (primary N) is 1. The standard InChI is InChI=1S/C24H30N6O3/c1-2-3-12-31-22-7-5-4-6-19(22)20-15-21(23(25)28-27-20)30-17-18(16-26-30)29-10-8-24(9-11-29)32-13-14-33-24/h4-7,15-17H,2-3,8-14H2,1H3,(H2,25,28). The molecule has 2 aliphatic heterocycles. The van der Waals surface area contributed by atoms with E-state index in [4.69, 9.17) is 19.9 Å². The maximum atomic E-state index is 6.19. The van der Waals surface area contributed by atoms with Crippen LogP contribution in [0.3, 0.4) is 0 Å². The molecule has 9 nitrogen and oxygen atoms in total. The SMILES string of the molecule is CCCCOc1ccccc1-c1cc(-n2cc(N3CCC4(CC3)OCCO4)cn2)c(N)nn1. The summed E-state index contributed by atoms with van der Waals surface area (Å²) >= 11 is 0. The highest BCUT2D eigenvalue weighted by Crippen LogP contribution is 2.34. The summed E-state index contributed by atoms with van der Waals surface area (Å²) in [5.74, 6) is 0.715. The first kappa shape index (κ1) is 21.7. The van der Waals surface area contributed by atoms with Crippen molar-refractivity contribution < 1.29 is 14.2 Å². The monoisotopic (exact) mass is 450 g/mol. The second-order valence-corrected chi connectivity index (χ2v) is 8.44. The lowest BCUT2D eigenvalue weighted by atomic mass is 10.0. The van der Waals surface area contributed by atoms with E-state index in [0.29, 0.717) is 37.0 Å². The first-order chi connectivity index (χ1) is 16.2. The van der Waals surface area contributed by atoms with E-state index in [0.717, 1.165) is 55.8 Å². The molecule has 5 rings (SSSR count). The van der Waals surface area contributed by atoms with Gasteiger partial charge in [0.15, 0.2) is 11.6 Å². The van der Waals surface area contributed by atoms with Gasteiger partial charge in [0, 0.05) is 31.5 Å². The average Bonchev–Trinajstić information content (AvgIpc) is 3.51. The van der Waals surface area contributed by atoms with Gasteiger partial charge in [0.1, 0.15) is 11.4 Å². The second kappa shape index (κ2) is 9.36. The highest BCUT2D eigenvalue weighted by Gasteiger charge is 2.40. The third kappa shape index (κ3) is 4.51. The molecular weight excluding hydrogens is 420 g/mol. The third-order valence-electron chi connectivity index (χ3n) is 6.24. The molecule has 0 atom stereocenters. The van der Waals surface area contributed by atoms with Gasteiger partial charge in [-0.1, -0.05) is 25.5 Å². The van der Waals surface area contributed by atoms with Crippen molar-refractivity contribution >= 4 is 11.5 Å². The van der Waals surface area contributed by atoms with Gasteiger partial charge in [-0.05, 0) is 24.6 Å². The van der Waals surface area contributed by atoms with E-state index in [-0.39, 0.29) is 0 Å². The lowest BCUT2D eigenvalue weighted by Crippen LogP contribution is -2.45. The van der Waals surface area contributed by atoms with Crippen LogP contribution in [-0.4, -0.2) is 58.7 Å². The first-order valence-electron chi connectivity index (χ1n) is 11.6. The number of para-hydroxylation sites is 1. The molecule has 0 radical (unpaired) electrons. The predicted octanol–water partition coefficient (Wildman–Crippen LogP) is 3.43. The molecule has 1 spiro atoms. The number of hydrogen-bond acceptors (Lipinski definition) is 8. The summed E-state index contributed by atoms with van der Waals surface area (Å²) in [5.41, 5.74) is 9.48. The molecule has 0 amide bonds. The van der Waals surface area contributed by atoms with Crippen LogP contribution in [-0.2, 0) is 9.47 Å². The van der Waals surface area contributed by atoms with Gasteiger partial charge in [-0.15, -0.1) is 10.2 Å². The Hall–Kier alpha value is -3.17. The fourth-order valence-electron chi connectivity index (χ4n) is 4.34. The maximum absolute atomic E-state index is 6.19. The molecular formula is C24H30N6O3. The summed E-state index contributed by atoms with van der Waals surface area (Å²) in [6.07, 6.45) is 7.60. The molecule has 0 aliphatic carbocycles. The van der Waals surface area contributed by atoms with Crippen LogP contribution in [0.15, 0.2) is 42.7 Å². The van der Waals surface area contributed by atoms with Crippen molar-refractivity contribution in [1.82, 2.24) is 20.0 Å². The molecule has 2 aromatic heterocycles. The fourth-order valence-corrected chi connectivity index (χ4v) is 4.34. The number of benzene rings is 1. The van der Waals surface area contributed by atoms with E-state index in [1.54, 1.807) is 4.68 Å². The van der Waals surface area contributed by atoms with Crippen LogP contribution in [0.2, 0.25) is 0 Å². The topological polar surface area (TPSA) is 101 Å². The number of nitrogens with zero attached hydrogens (tertiary/aromatic N) is 5. The Morgan fingerprint density at radius 2 is 1.91 bits per heavy atom. The smallest absolute Gasteiger partial charge is 0.172 e. The van der Waals surface area contributed by atoms with E-state index in [2.05, 4.69) is 27.1 Å². The number of ether oxygens (including phenoxy) is 3. The lowest BCUT2D eigenvalue weighted by Gasteiger charge is -2.38. The molecule has 33 heavy (non-hydrogen) atoms. The summed E-state index contributed by atoms with van der Waals surface area (Å²) in [7, 11) is 0. The molecule has 0 saturated carbocycles. The van der Waals surface area contributed by atoms with Crippen molar-refractivity contribution in [1.29, 1.82) is 0 Å². The van der Waals surface area contributed by atoms with Crippen LogP contribution in [0.25, 0.3) is 16.9 Å². The average molecular weight is 451 g/mol. The van der Waals surface area contributed by atoms with Gasteiger partial charge in [-0.25, -0.2) is 4.68 Å². The molecule has 0 unspecified atom stereocenters. The quantitative estimate of drug-likeness (QED) is 0.547. The normalized spacial score (nSPS) is 17.5. The van der Waals surface area contributed by atoms with E-state index in [9.17, 15) is 0 Å². The molecule has 2 N–H and O–H groups in total. The number of unbranched alkanes of at least 4 members (excludes halogenated alkanes) is 1. The largest absolute Gasteiger partial charge is 0.493 e. The molecule has 2 fully saturated rings. The van der Waals surface area contributed by atoms with Crippen molar-refractivity contribution in [3.63, 3.8) is 0 Å². The van der Waals surface area contributed by atoms with Crippen LogP contribution >= 0.6 is 0 Å². The summed E-state index contributed by atoms with van der Waals surface area (Å²) in [6, 6.07) is 9.77. The minimum absolute atomic E-state index is 0.322. The molecule has 174 valence electrons. The minimum Gasteiger partial charge on any atom is -0.493 e. The predicted molar refractivity (Wildman–Crippen MR) is 125 cm³/mol. The van der Waals surface area contributed by atoms with Gasteiger partial charge in [0.05, 0.1) is 43.6 Å². The van der Waals surface area contributed by atoms with Crippen molar-refractivity contribution in [3.05, 3.63) is 42.7 Å². The Morgan fingerprint density at radius 3 is 2.70 bits per heavy atom. The molecule has 2 aliphatic rings. The molecule has 4 heterocycles. The Kier molecular flexibility index (Phi) is 6.15. The maximum Gasteiger partial charge on any atom is 0.172 e. The Balaban J connectivity index is 1.36. The zero-order chi connectivity index (χ0) is 22.7. The van der Waals surface area contributed by atoms with Gasteiger partial charge in [0.25, 0.3) is 0 Å². The van der Waals surface area contributed by atoms with Crippen molar-refractivity contribution in [3.8, 4) is 22.7 Å². The van der Waals surface area contributed by atoms with Gasteiger partial charge < -0.3 is 24.8 Å². The zero-order valence-corrected chi connectivity index (χ0v) is 18.9. The number of hydrogen-bond donors (Lipinski definition) is 1. The van der Waals surface area contributed by atoms with Crippen LogP contribution in [0.5, 0.6) is 5.75 Å². The minimum atomic E-state index is -0.395. The molecule has 2 saturated heterocycles. The number of anilines is 2. The van der Waals surface area contributed by atoms with Gasteiger partial charge in [-0.2, -0.15) is 5.10 Å². The van der Waals surface area contributed by atoms with E-state index >= 15 is 0 Å². The van der Waals surface area contributed by atoms with E-state index in [1.807, 2.05) is 42.7 Å². The summed E-state index contributed by atoms with van der Waals surface area (Å²) in [6.45, 7) is 5.87. The Labute approximate surface area is 193 Å². The van der Waals surface area contributed by atoms with Crippen LogP contribution in [0.1, 0.15) is 32.6 Å². The van der Waals surface area contributed by atoms with Crippen molar-refractivity contribution in [2.24, 2.45) is 0 Å². The highest BCUT2D eigenvalue weighted by atomic mass is 16.7. The van der Waals surface area contributed by atoms with Crippen molar-refractivity contribution in [2.45, 2.75) is 38.4 Å². The third-order valence-corrected chi connectivity index (χ3v) is 6.24. The molecule has 0 bridgehead atoms. The fraction of sp³-hybridized carbons (Fsp3) is 0.458. The molecule has 3 aromatic rings. The number of piperidine rings is 1. The van der Waals surface area contributed by atoms with Gasteiger partial charge >= 0.3 is 0 Å². The highest BCUT2D eigenvalue weighted by molar-refractivity contribution is 5.70.